The van der Waals surface area contributed by atoms with Crippen LogP contribution in [0.15, 0.2) is 0 Å². The van der Waals surface area contributed by atoms with Crippen molar-refractivity contribution in [1.29, 1.82) is 0 Å². The number of imide groups is 2. The molecule has 1 saturated heterocycles. The number of rotatable bonds is 5. The molecule has 0 radical (unpaired) electrons. The Morgan fingerprint density at radius 3 is 2.39 bits per heavy atom. The molecule has 0 bridgehead atoms. The first kappa shape index (κ1) is 14.1. The van der Waals surface area contributed by atoms with Crippen LogP contribution in [-0.2, 0) is 14.4 Å². The molecule has 4 amide bonds. The van der Waals surface area contributed by atoms with Crippen LogP contribution < -0.4 is 0 Å². The second-order valence-corrected chi connectivity index (χ2v) is 4.17. The van der Waals surface area contributed by atoms with Crippen LogP contribution in [0.4, 0.5) is 4.79 Å². The Hall–Kier alpha value is -1.92. The Balaban J connectivity index is 2.92. The number of carbonyl (C=O) groups excluding carboxylic acids is 3. The maximum absolute atomic E-state index is 11.9. The fraction of sp³-hybridized carbons (Fsp3) is 0.636. The molecule has 0 aromatic heterocycles. The van der Waals surface area contributed by atoms with E-state index in [1.54, 1.807) is 0 Å². The largest absolute Gasteiger partial charge is 0.481 e. The molecule has 1 unspecified atom stereocenters. The van der Waals surface area contributed by atoms with Crippen molar-refractivity contribution in [3.8, 4) is 0 Å². The van der Waals surface area contributed by atoms with Crippen LogP contribution in [0.25, 0.3) is 0 Å². The van der Waals surface area contributed by atoms with Gasteiger partial charge in [0.05, 0.1) is 6.42 Å². The molecule has 1 fully saturated rings. The molecule has 1 rings (SSSR count). The van der Waals surface area contributed by atoms with Crippen LogP contribution in [0.1, 0.15) is 26.2 Å². The second-order valence-electron chi connectivity index (χ2n) is 4.17. The zero-order valence-corrected chi connectivity index (χ0v) is 10.4. The van der Waals surface area contributed by atoms with E-state index < -0.39 is 36.2 Å². The van der Waals surface area contributed by atoms with E-state index in [4.69, 9.17) is 5.11 Å². The summed E-state index contributed by atoms with van der Waals surface area (Å²) < 4.78 is 0. The van der Waals surface area contributed by atoms with Crippen LogP contribution in [0.2, 0.25) is 0 Å². The van der Waals surface area contributed by atoms with Crippen molar-refractivity contribution in [3.63, 3.8) is 0 Å². The normalized spacial score (nSPS) is 20.6. The summed E-state index contributed by atoms with van der Waals surface area (Å²) in [5.41, 5.74) is 0. The summed E-state index contributed by atoms with van der Waals surface area (Å²) in [6, 6.07) is -0.680. The number of amides is 4. The second kappa shape index (κ2) is 5.61. The molecule has 0 saturated carbocycles. The fourth-order valence-corrected chi connectivity index (χ4v) is 1.77. The lowest BCUT2D eigenvalue weighted by molar-refractivity contribution is -0.154. The molecule has 0 aromatic rings. The molecular weight excluding hydrogens is 240 g/mol. The summed E-state index contributed by atoms with van der Waals surface area (Å²) >= 11 is 0. The Bertz CT molecular complexity index is 393. The molecule has 0 aliphatic carbocycles. The van der Waals surface area contributed by atoms with Crippen LogP contribution >= 0.6 is 0 Å². The smallest absolute Gasteiger partial charge is 0.333 e. The standard InChI is InChI=1S/C11H16N2O5/c1-3-4-5-13-10(17)7(6-8(14)15)9(16)12(2)11(13)18/h7H,3-6H2,1-2H3,(H,14,15). The van der Waals surface area contributed by atoms with Crippen LogP contribution in [-0.4, -0.2) is 52.3 Å². The van der Waals surface area contributed by atoms with Gasteiger partial charge < -0.3 is 5.11 Å². The highest BCUT2D eigenvalue weighted by Crippen LogP contribution is 2.20. The summed E-state index contributed by atoms with van der Waals surface area (Å²) in [4.78, 5) is 47.8. The third kappa shape index (κ3) is 2.66. The van der Waals surface area contributed by atoms with Gasteiger partial charge in [0.2, 0.25) is 11.8 Å². The molecule has 1 heterocycles. The number of carboxylic acid groups (broad SMARTS) is 1. The molecule has 7 nitrogen and oxygen atoms in total. The maximum atomic E-state index is 11.9. The number of barbiturate groups is 1. The molecular formula is C11H16N2O5. The highest BCUT2D eigenvalue weighted by atomic mass is 16.4. The molecule has 18 heavy (non-hydrogen) atoms. The average Bonchev–Trinajstić information content (AvgIpc) is 2.32. The van der Waals surface area contributed by atoms with Crippen molar-refractivity contribution in [3.05, 3.63) is 0 Å². The van der Waals surface area contributed by atoms with E-state index in [1.165, 1.54) is 7.05 Å². The highest BCUT2D eigenvalue weighted by Gasteiger charge is 2.44. The summed E-state index contributed by atoms with van der Waals surface area (Å²) in [6.07, 6.45) is 0.829. The first-order valence-electron chi connectivity index (χ1n) is 5.74. The van der Waals surface area contributed by atoms with Gasteiger partial charge in [-0.15, -0.1) is 0 Å². The van der Waals surface area contributed by atoms with Crippen molar-refractivity contribution in [2.45, 2.75) is 26.2 Å². The number of urea groups is 1. The van der Waals surface area contributed by atoms with E-state index in [1.807, 2.05) is 6.92 Å². The Morgan fingerprint density at radius 1 is 1.28 bits per heavy atom. The lowest BCUT2D eigenvalue weighted by atomic mass is 9.99. The molecule has 1 aliphatic rings. The lowest BCUT2D eigenvalue weighted by Gasteiger charge is -2.34. The van der Waals surface area contributed by atoms with Gasteiger partial charge in [0, 0.05) is 13.6 Å². The zero-order chi connectivity index (χ0) is 13.9. The van der Waals surface area contributed by atoms with Gasteiger partial charge in [0.25, 0.3) is 0 Å². The quantitative estimate of drug-likeness (QED) is 0.714. The molecule has 100 valence electrons. The number of unbranched alkanes of at least 4 members (excludes halogenated alkanes) is 1. The lowest BCUT2D eigenvalue weighted by Crippen LogP contribution is -2.58. The number of hydrogen-bond donors (Lipinski definition) is 1. The van der Waals surface area contributed by atoms with Crippen molar-refractivity contribution < 1.29 is 24.3 Å². The minimum Gasteiger partial charge on any atom is -0.481 e. The minimum atomic E-state index is -1.29. The van der Waals surface area contributed by atoms with E-state index in [0.717, 1.165) is 16.2 Å². The number of carboxylic acids is 1. The average molecular weight is 256 g/mol. The molecule has 0 spiro atoms. The number of hydrogen-bond acceptors (Lipinski definition) is 4. The van der Waals surface area contributed by atoms with Crippen molar-refractivity contribution in [2.75, 3.05) is 13.6 Å². The van der Waals surface area contributed by atoms with Gasteiger partial charge in [0.1, 0.15) is 5.92 Å². The van der Waals surface area contributed by atoms with Gasteiger partial charge in [-0.1, -0.05) is 13.3 Å². The van der Waals surface area contributed by atoms with Crippen molar-refractivity contribution >= 4 is 23.8 Å². The van der Waals surface area contributed by atoms with E-state index in [2.05, 4.69) is 0 Å². The van der Waals surface area contributed by atoms with Gasteiger partial charge in [-0.05, 0) is 6.42 Å². The number of nitrogens with zero attached hydrogens (tertiary/aromatic N) is 2. The zero-order valence-electron chi connectivity index (χ0n) is 10.4. The summed E-state index contributed by atoms with van der Waals surface area (Å²) in [5, 5.41) is 8.69. The van der Waals surface area contributed by atoms with E-state index in [-0.39, 0.29) is 6.54 Å². The molecule has 1 atom stereocenters. The fourth-order valence-electron chi connectivity index (χ4n) is 1.77. The van der Waals surface area contributed by atoms with Crippen molar-refractivity contribution in [2.24, 2.45) is 5.92 Å². The van der Waals surface area contributed by atoms with Crippen LogP contribution in [0.5, 0.6) is 0 Å². The summed E-state index contributed by atoms with van der Waals surface area (Å²) in [6.45, 7) is 2.12. The third-order valence-electron chi connectivity index (χ3n) is 2.82. The predicted octanol–water partition coefficient (Wildman–Crippen LogP) is 0.298. The Morgan fingerprint density at radius 2 is 1.89 bits per heavy atom. The molecule has 0 aromatic carbocycles. The molecule has 1 aliphatic heterocycles. The van der Waals surface area contributed by atoms with E-state index in [0.29, 0.717) is 6.42 Å². The first-order valence-corrected chi connectivity index (χ1v) is 5.74. The minimum absolute atomic E-state index is 0.210. The van der Waals surface area contributed by atoms with E-state index in [9.17, 15) is 19.2 Å². The predicted molar refractivity (Wildman–Crippen MR) is 60.5 cm³/mol. The number of carbonyl (C=O) groups is 4. The Kier molecular flexibility index (Phi) is 4.41. The molecule has 1 N–H and O–H groups in total. The third-order valence-corrected chi connectivity index (χ3v) is 2.82. The van der Waals surface area contributed by atoms with Crippen LogP contribution in [0, 0.1) is 5.92 Å². The summed E-state index contributed by atoms with van der Waals surface area (Å²) in [7, 11) is 1.25. The Labute approximate surface area is 104 Å². The monoisotopic (exact) mass is 256 g/mol. The SMILES string of the molecule is CCCCN1C(=O)C(CC(=O)O)C(=O)N(C)C1=O. The summed E-state index contributed by atoms with van der Waals surface area (Å²) in [5.74, 6) is -3.99. The van der Waals surface area contributed by atoms with Gasteiger partial charge in [-0.25, -0.2) is 4.79 Å². The highest BCUT2D eigenvalue weighted by molar-refractivity contribution is 6.16. The topological polar surface area (TPSA) is 95.0 Å². The van der Waals surface area contributed by atoms with Gasteiger partial charge in [-0.2, -0.15) is 0 Å². The maximum Gasteiger partial charge on any atom is 0.333 e. The van der Waals surface area contributed by atoms with Gasteiger partial charge >= 0.3 is 12.0 Å². The van der Waals surface area contributed by atoms with E-state index >= 15 is 0 Å². The van der Waals surface area contributed by atoms with Gasteiger partial charge in [-0.3, -0.25) is 24.2 Å². The first-order chi connectivity index (χ1) is 8.40. The number of aliphatic carboxylic acids is 1. The van der Waals surface area contributed by atoms with Gasteiger partial charge in [0.15, 0.2) is 0 Å². The molecule has 7 heteroatoms. The van der Waals surface area contributed by atoms with Crippen molar-refractivity contribution in [1.82, 2.24) is 9.80 Å². The van der Waals surface area contributed by atoms with Crippen LogP contribution in [0.3, 0.4) is 0 Å².